The summed E-state index contributed by atoms with van der Waals surface area (Å²) < 4.78 is 0.583. The maximum atomic E-state index is 11.1. The van der Waals surface area contributed by atoms with Gasteiger partial charge in [-0.25, -0.2) is 5.06 Å². The Labute approximate surface area is 202 Å². The molecule has 31 heavy (non-hydrogen) atoms. The van der Waals surface area contributed by atoms with Crippen LogP contribution in [0.3, 0.4) is 0 Å². The van der Waals surface area contributed by atoms with Gasteiger partial charge in [0.15, 0.2) is 0 Å². The first kappa shape index (κ1) is 25.3. The second-order valence-electron chi connectivity index (χ2n) is 8.15. The van der Waals surface area contributed by atoms with E-state index in [1.807, 2.05) is 0 Å². The van der Waals surface area contributed by atoms with Gasteiger partial charge in [0.1, 0.15) is 11.1 Å². The molecule has 0 saturated heterocycles. The molecule has 0 spiro atoms. The van der Waals surface area contributed by atoms with Crippen molar-refractivity contribution in [3.8, 4) is 0 Å². The molecule has 0 fully saturated rings. The molecule has 3 aromatic carbocycles. The van der Waals surface area contributed by atoms with Crippen LogP contribution in [0, 0.1) is 5.21 Å². The monoisotopic (exact) mass is 615 g/mol. The van der Waals surface area contributed by atoms with Crippen LogP contribution in [-0.2, 0) is 27.6 Å². The van der Waals surface area contributed by atoms with Crippen molar-refractivity contribution in [1.29, 1.82) is 0 Å². The van der Waals surface area contributed by atoms with E-state index in [2.05, 4.69) is 97.3 Å². The minimum Gasteiger partial charge on any atom is -0.745 e. The molecule has 1 radical (unpaired) electrons. The van der Waals surface area contributed by atoms with Crippen molar-refractivity contribution < 1.29 is 32.3 Å². The Bertz CT molecular complexity index is 886. The summed E-state index contributed by atoms with van der Waals surface area (Å²) in [6, 6.07) is 32.3. The molecule has 1 heterocycles. The van der Waals surface area contributed by atoms with Gasteiger partial charge in [-0.05, 0) is 56.7 Å². The third kappa shape index (κ3) is 5.46. The predicted molar refractivity (Wildman–Crippen MR) is 124 cm³/mol. The molecule has 1 aliphatic heterocycles. The largest absolute Gasteiger partial charge is 1.00 e. The van der Waals surface area contributed by atoms with Gasteiger partial charge in [0.25, 0.3) is 0 Å². The van der Waals surface area contributed by atoms with Crippen LogP contribution < -0.4 is 15.9 Å². The Morgan fingerprint density at radius 1 is 0.742 bits per heavy atom. The molecule has 0 saturated carbocycles. The molecule has 0 aliphatic carbocycles. The van der Waals surface area contributed by atoms with Crippen LogP contribution in [-0.4, -0.2) is 27.2 Å². The minimum atomic E-state index is -0.700. The van der Waals surface area contributed by atoms with Crippen LogP contribution in [0.4, 0.5) is 0 Å². The molecule has 0 amide bonds. The van der Waals surface area contributed by atoms with Crippen molar-refractivity contribution in [2.45, 2.75) is 38.8 Å². The Hall–Kier alpha value is -1.94. The van der Waals surface area contributed by atoms with E-state index in [9.17, 15) is 10.4 Å². The van der Waals surface area contributed by atoms with Gasteiger partial charge in [-0.15, -0.1) is 0 Å². The van der Waals surface area contributed by atoms with Crippen molar-refractivity contribution in [3.05, 3.63) is 96.2 Å². The van der Waals surface area contributed by atoms with Gasteiger partial charge in [0, 0.05) is 0 Å². The van der Waals surface area contributed by atoms with Crippen LogP contribution in [0.2, 0.25) is 0 Å². The fourth-order valence-corrected chi connectivity index (χ4v) is 5.31. The third-order valence-corrected chi connectivity index (χ3v) is 8.18. The number of rotatable bonds is 3. The zero-order valence-electron chi connectivity index (χ0n) is 18.1. The summed E-state index contributed by atoms with van der Waals surface area (Å²) in [4.78, 5) is 0. The molecule has 1 aliphatic rings. The van der Waals surface area contributed by atoms with Crippen LogP contribution in [0.5, 0.6) is 0 Å². The van der Waals surface area contributed by atoms with Gasteiger partial charge in [0.05, 0.1) is 0 Å². The Kier molecular flexibility index (Phi) is 8.65. The second kappa shape index (κ2) is 10.6. The van der Waals surface area contributed by atoms with Crippen LogP contribution in [0.1, 0.15) is 27.7 Å². The van der Waals surface area contributed by atoms with Gasteiger partial charge >= 0.3 is 22.4 Å². The summed E-state index contributed by atoms with van der Waals surface area (Å²) in [6.45, 7) is 6.91. The first-order valence-electron chi connectivity index (χ1n) is 9.91. The van der Waals surface area contributed by atoms with E-state index in [0.717, 1.165) is 0 Å². The van der Waals surface area contributed by atoms with Crippen molar-refractivity contribution >= 4 is 30.2 Å². The number of nitrogens with zero attached hydrogens (tertiary/aromatic N) is 2. The molecule has 6 heteroatoms. The molecule has 4 nitrogen and oxygen atoms in total. The van der Waals surface area contributed by atoms with Crippen LogP contribution in [0.15, 0.2) is 91.0 Å². The average molecular weight is 615 g/mol. The summed E-state index contributed by atoms with van der Waals surface area (Å²) in [5.74, 6) is 0. The van der Waals surface area contributed by atoms with Crippen molar-refractivity contribution in [2.75, 3.05) is 0 Å². The number of hydrogen-bond donors (Lipinski definition) is 0. The SMILES string of the molecule is CC1(C)N([O])[C-]=[N+]([O-])C1(C)C.[Au+].c1ccc(P(c2ccccc2)c2ccccc2)cc1. The van der Waals surface area contributed by atoms with Crippen molar-refractivity contribution in [2.24, 2.45) is 0 Å². The molecule has 3 aromatic rings. The van der Waals surface area contributed by atoms with E-state index in [1.165, 1.54) is 15.9 Å². The molecule has 0 unspecified atom stereocenters. The predicted octanol–water partition coefficient (Wildman–Crippen LogP) is 4.06. The summed E-state index contributed by atoms with van der Waals surface area (Å²) >= 11 is 0. The Morgan fingerprint density at radius 2 is 1.06 bits per heavy atom. The van der Waals surface area contributed by atoms with Gasteiger partial charge in [-0.2, -0.15) is 0 Å². The molecule has 165 valence electrons. The van der Waals surface area contributed by atoms with E-state index < -0.39 is 19.0 Å². The molecular formula is C25H27AuN2O2P. The maximum Gasteiger partial charge on any atom is 1.00 e. The first-order valence-corrected chi connectivity index (χ1v) is 11.3. The number of benzene rings is 3. The summed E-state index contributed by atoms with van der Waals surface area (Å²) in [6.07, 6.45) is 2.15. The Morgan fingerprint density at radius 3 is 1.26 bits per heavy atom. The van der Waals surface area contributed by atoms with Gasteiger partial charge in [-0.3, -0.25) is 0 Å². The Balaban J connectivity index is 0.000000245. The first-order chi connectivity index (χ1) is 14.2. The fraction of sp³-hybridized carbons (Fsp3) is 0.240. The molecular weight excluding hydrogens is 588 g/mol. The fourth-order valence-electron chi connectivity index (χ4n) is 3.01. The minimum absolute atomic E-state index is 0. The van der Waals surface area contributed by atoms with E-state index >= 15 is 0 Å². The van der Waals surface area contributed by atoms with E-state index in [-0.39, 0.29) is 22.4 Å². The van der Waals surface area contributed by atoms with Gasteiger partial charge < -0.3 is 9.95 Å². The normalized spacial score (nSPS) is 16.1. The smallest absolute Gasteiger partial charge is 0.745 e. The summed E-state index contributed by atoms with van der Waals surface area (Å²) in [5, 5.41) is 26.9. The van der Waals surface area contributed by atoms with E-state index in [0.29, 0.717) is 9.80 Å². The topological polar surface area (TPSA) is 49.2 Å². The van der Waals surface area contributed by atoms with E-state index in [1.54, 1.807) is 27.7 Å². The third-order valence-electron chi connectivity index (χ3n) is 5.74. The standard InChI is InChI=1S/C18H15P.C7H12N2O2.Au/c1-4-10-16(11-5-1)19(17-12-6-2-7-13-17)18-14-8-3-9-15-18;1-6(2)7(3,4)9(11)5-8(6)10;/h1-15H;1-4H3;/q;-1;+1. The molecule has 0 atom stereocenters. The maximum absolute atomic E-state index is 11.1. The van der Waals surface area contributed by atoms with E-state index in [4.69, 9.17) is 0 Å². The average Bonchev–Trinajstić information content (AvgIpc) is 2.89. The summed E-state index contributed by atoms with van der Waals surface area (Å²) in [5.41, 5.74) is -1.40. The van der Waals surface area contributed by atoms with Gasteiger partial charge in [-0.1, -0.05) is 97.3 Å². The van der Waals surface area contributed by atoms with Gasteiger partial charge in [0.2, 0.25) is 0 Å². The zero-order chi connectivity index (χ0) is 21.8. The van der Waals surface area contributed by atoms with Crippen LogP contribution in [0.25, 0.3) is 0 Å². The van der Waals surface area contributed by atoms with Crippen molar-refractivity contribution in [1.82, 2.24) is 5.06 Å². The van der Waals surface area contributed by atoms with Crippen LogP contribution >= 0.6 is 7.92 Å². The second-order valence-corrected chi connectivity index (χ2v) is 10.4. The quantitative estimate of drug-likeness (QED) is 0.147. The molecule has 4 rings (SSSR count). The molecule has 0 aromatic heterocycles. The number of hydrogen-bond acceptors (Lipinski definition) is 2. The van der Waals surface area contributed by atoms with Crippen molar-refractivity contribution in [3.63, 3.8) is 0 Å². The molecule has 0 N–H and O–H groups in total. The number of hydroxylamine groups is 3. The summed E-state index contributed by atoms with van der Waals surface area (Å²) in [7, 11) is -0.446. The molecule has 0 bridgehead atoms. The zero-order valence-corrected chi connectivity index (χ0v) is 21.2.